The van der Waals surface area contributed by atoms with E-state index in [0.717, 1.165) is 0 Å². The van der Waals surface area contributed by atoms with Crippen molar-refractivity contribution in [2.45, 2.75) is 13.8 Å². The van der Waals surface area contributed by atoms with Gasteiger partial charge < -0.3 is 5.11 Å². The lowest BCUT2D eigenvalue weighted by atomic mass is 9.84. The fourth-order valence-corrected chi connectivity index (χ4v) is 2.26. The molecule has 4 heteroatoms. The van der Waals surface area contributed by atoms with E-state index < -0.39 is 0 Å². The van der Waals surface area contributed by atoms with Crippen LogP contribution in [-0.4, -0.2) is 10.8 Å². The standard InChI is InChI=1S/C15H13N3O/c1-9-13(8-16)10(2)18-15(14(9)17-3)11-5-4-6-12(19)7-11/h4-7,9,13,19H,1-2H3/t9-,13?/m1/s1. The molecule has 0 radical (unpaired) electrons. The lowest BCUT2D eigenvalue weighted by molar-refractivity contribution is 0.475. The molecule has 1 aromatic rings. The second-order valence-corrected chi connectivity index (χ2v) is 4.54. The normalized spacial score (nSPS) is 22.4. The molecule has 1 aliphatic heterocycles. The number of allylic oxidation sites excluding steroid dienone is 1. The Balaban J connectivity index is 2.62. The number of aliphatic imine (C=N–C) groups is 1. The van der Waals surface area contributed by atoms with Crippen LogP contribution in [0.4, 0.5) is 0 Å². The van der Waals surface area contributed by atoms with Gasteiger partial charge in [0.1, 0.15) is 5.75 Å². The van der Waals surface area contributed by atoms with Gasteiger partial charge in [-0.25, -0.2) is 4.85 Å². The summed E-state index contributed by atoms with van der Waals surface area (Å²) in [4.78, 5) is 7.94. The summed E-state index contributed by atoms with van der Waals surface area (Å²) in [6.07, 6.45) is 0. The predicted molar refractivity (Wildman–Crippen MR) is 73.0 cm³/mol. The van der Waals surface area contributed by atoms with Gasteiger partial charge in [0.25, 0.3) is 0 Å². The molecule has 1 unspecified atom stereocenters. The number of hydrogen-bond donors (Lipinski definition) is 1. The fourth-order valence-electron chi connectivity index (χ4n) is 2.26. The molecule has 0 saturated carbocycles. The smallest absolute Gasteiger partial charge is 0.195 e. The van der Waals surface area contributed by atoms with Gasteiger partial charge in [-0.15, -0.1) is 0 Å². The Kier molecular flexibility index (Phi) is 3.35. The van der Waals surface area contributed by atoms with Gasteiger partial charge in [0.15, 0.2) is 5.70 Å². The van der Waals surface area contributed by atoms with Crippen molar-refractivity contribution in [1.82, 2.24) is 0 Å². The molecule has 2 rings (SSSR count). The van der Waals surface area contributed by atoms with Crippen LogP contribution in [0.3, 0.4) is 0 Å². The number of hydrogen-bond acceptors (Lipinski definition) is 3. The largest absolute Gasteiger partial charge is 0.508 e. The summed E-state index contributed by atoms with van der Waals surface area (Å²) in [6, 6.07) is 8.86. The van der Waals surface area contributed by atoms with Crippen molar-refractivity contribution in [3.8, 4) is 11.8 Å². The molecule has 1 N–H and O–H groups in total. The minimum absolute atomic E-state index is 0.136. The first-order valence-electron chi connectivity index (χ1n) is 5.94. The zero-order chi connectivity index (χ0) is 14.0. The number of phenolic OH excluding ortho intramolecular Hbond substituents is 1. The van der Waals surface area contributed by atoms with Crippen LogP contribution in [0.25, 0.3) is 10.5 Å². The molecule has 0 aliphatic carbocycles. The Morgan fingerprint density at radius 1 is 1.47 bits per heavy atom. The maximum absolute atomic E-state index is 9.53. The summed E-state index contributed by atoms with van der Waals surface area (Å²) in [6.45, 7) is 11.0. The van der Waals surface area contributed by atoms with Gasteiger partial charge in [-0.05, 0) is 24.6 Å². The molecule has 1 aliphatic rings. The highest BCUT2D eigenvalue weighted by molar-refractivity contribution is 5.95. The van der Waals surface area contributed by atoms with E-state index in [1.54, 1.807) is 31.2 Å². The number of phenols is 1. The van der Waals surface area contributed by atoms with E-state index in [4.69, 9.17) is 11.8 Å². The van der Waals surface area contributed by atoms with Gasteiger partial charge >= 0.3 is 0 Å². The summed E-state index contributed by atoms with van der Waals surface area (Å²) in [5.74, 6) is -0.403. The molecule has 1 heterocycles. The molecule has 0 bridgehead atoms. The summed E-state index contributed by atoms with van der Waals surface area (Å²) in [5, 5.41) is 18.7. The Hall–Kier alpha value is -2.59. The molecular weight excluding hydrogens is 238 g/mol. The highest BCUT2D eigenvalue weighted by Crippen LogP contribution is 2.36. The second-order valence-electron chi connectivity index (χ2n) is 4.54. The summed E-state index contributed by atoms with van der Waals surface area (Å²) in [5.41, 5.74) is 2.44. The summed E-state index contributed by atoms with van der Waals surface area (Å²) >= 11 is 0. The molecule has 0 saturated heterocycles. The Bertz CT molecular complexity index is 659. The molecule has 19 heavy (non-hydrogen) atoms. The Morgan fingerprint density at radius 2 is 2.21 bits per heavy atom. The van der Waals surface area contributed by atoms with E-state index in [0.29, 0.717) is 22.7 Å². The number of nitriles is 1. The molecule has 0 amide bonds. The molecule has 0 spiro atoms. The van der Waals surface area contributed by atoms with Gasteiger partial charge in [-0.1, -0.05) is 19.1 Å². The van der Waals surface area contributed by atoms with Crippen LogP contribution in [0.5, 0.6) is 5.75 Å². The minimum atomic E-state index is -0.356. The topological polar surface area (TPSA) is 60.7 Å². The van der Waals surface area contributed by atoms with Crippen molar-refractivity contribution in [2.24, 2.45) is 16.8 Å². The van der Waals surface area contributed by atoms with Crippen molar-refractivity contribution in [3.05, 3.63) is 46.9 Å². The average Bonchev–Trinajstić information content (AvgIpc) is 2.38. The Morgan fingerprint density at radius 3 is 2.79 bits per heavy atom. The van der Waals surface area contributed by atoms with Crippen LogP contribution >= 0.6 is 0 Å². The van der Waals surface area contributed by atoms with Crippen LogP contribution in [0.2, 0.25) is 0 Å². The lowest BCUT2D eigenvalue weighted by Gasteiger charge is -2.24. The predicted octanol–water partition coefficient (Wildman–Crippen LogP) is 3.23. The van der Waals surface area contributed by atoms with Crippen LogP contribution in [0.1, 0.15) is 19.4 Å². The minimum Gasteiger partial charge on any atom is -0.508 e. The molecule has 2 atom stereocenters. The van der Waals surface area contributed by atoms with Crippen LogP contribution in [0.15, 0.2) is 35.0 Å². The SMILES string of the molecule is [C-]#[N+]C1=C(c2cccc(O)c2)N=C(C)C(C#N)[C@H]1C. The van der Waals surface area contributed by atoms with Crippen molar-refractivity contribution >= 4 is 11.4 Å². The van der Waals surface area contributed by atoms with Crippen molar-refractivity contribution < 1.29 is 5.11 Å². The summed E-state index contributed by atoms with van der Waals surface area (Å²) < 4.78 is 0. The summed E-state index contributed by atoms with van der Waals surface area (Å²) in [7, 11) is 0. The highest BCUT2D eigenvalue weighted by atomic mass is 16.3. The number of benzene rings is 1. The van der Waals surface area contributed by atoms with Crippen molar-refractivity contribution in [3.63, 3.8) is 0 Å². The van der Waals surface area contributed by atoms with E-state index in [9.17, 15) is 5.11 Å². The first kappa shape index (κ1) is 12.9. The maximum atomic E-state index is 9.53. The zero-order valence-electron chi connectivity index (χ0n) is 10.8. The molecule has 94 valence electrons. The third-order valence-electron chi connectivity index (χ3n) is 3.29. The average molecular weight is 251 g/mol. The lowest BCUT2D eigenvalue weighted by Crippen LogP contribution is -2.23. The monoisotopic (exact) mass is 251 g/mol. The van der Waals surface area contributed by atoms with E-state index in [1.807, 2.05) is 6.92 Å². The van der Waals surface area contributed by atoms with E-state index in [-0.39, 0.29) is 17.6 Å². The van der Waals surface area contributed by atoms with Crippen LogP contribution < -0.4 is 0 Å². The third kappa shape index (κ3) is 2.21. The third-order valence-corrected chi connectivity index (χ3v) is 3.29. The first-order chi connectivity index (χ1) is 9.08. The van der Waals surface area contributed by atoms with E-state index >= 15 is 0 Å². The number of nitrogens with zero attached hydrogens (tertiary/aromatic N) is 3. The van der Waals surface area contributed by atoms with Gasteiger partial charge in [0.05, 0.1) is 24.3 Å². The van der Waals surface area contributed by atoms with E-state index in [2.05, 4.69) is 15.9 Å². The number of rotatable bonds is 1. The van der Waals surface area contributed by atoms with E-state index in [1.165, 1.54) is 0 Å². The van der Waals surface area contributed by atoms with Crippen LogP contribution in [-0.2, 0) is 0 Å². The fraction of sp³-hybridized carbons (Fsp3) is 0.267. The Labute approximate surface area is 112 Å². The number of aromatic hydroxyl groups is 1. The molecular formula is C15H13N3O. The van der Waals surface area contributed by atoms with Gasteiger partial charge in [-0.2, -0.15) is 5.26 Å². The zero-order valence-corrected chi connectivity index (χ0v) is 10.8. The second kappa shape index (κ2) is 4.96. The van der Waals surface area contributed by atoms with Crippen molar-refractivity contribution in [1.29, 1.82) is 5.26 Å². The molecule has 4 nitrogen and oxygen atoms in total. The quantitative estimate of drug-likeness (QED) is 0.779. The molecule has 0 aromatic heterocycles. The van der Waals surface area contributed by atoms with Crippen LogP contribution in [0, 0.1) is 29.7 Å². The highest BCUT2D eigenvalue weighted by Gasteiger charge is 2.31. The first-order valence-corrected chi connectivity index (χ1v) is 5.94. The molecule has 0 fully saturated rings. The van der Waals surface area contributed by atoms with Gasteiger partial charge in [0.2, 0.25) is 0 Å². The van der Waals surface area contributed by atoms with Crippen molar-refractivity contribution in [2.75, 3.05) is 0 Å². The maximum Gasteiger partial charge on any atom is 0.195 e. The molecule has 1 aromatic carbocycles. The van der Waals surface area contributed by atoms with Gasteiger partial charge in [-0.3, -0.25) is 4.99 Å². The van der Waals surface area contributed by atoms with Gasteiger partial charge in [0, 0.05) is 11.6 Å².